The topological polar surface area (TPSA) is 91.5 Å². The third kappa shape index (κ3) is 5.57. The van der Waals surface area contributed by atoms with Gasteiger partial charge in [0.15, 0.2) is 0 Å². The number of alkyl halides is 3. The van der Waals surface area contributed by atoms with Crippen molar-refractivity contribution in [3.8, 4) is 6.07 Å². The number of rotatable bonds is 9. The maximum atomic E-state index is 14.6. The van der Waals surface area contributed by atoms with Crippen LogP contribution >= 0.6 is 0 Å². The molecule has 0 bridgehead atoms. The van der Waals surface area contributed by atoms with E-state index in [9.17, 15) is 22.8 Å². The first kappa shape index (κ1) is 29.2. The van der Waals surface area contributed by atoms with E-state index >= 15 is 0 Å². The van der Waals surface area contributed by atoms with E-state index in [1.807, 2.05) is 37.3 Å². The molecule has 1 aliphatic carbocycles. The molecule has 2 N–H and O–H groups in total. The van der Waals surface area contributed by atoms with Gasteiger partial charge < -0.3 is 10.6 Å². The molecule has 0 aliphatic heterocycles. The Morgan fingerprint density at radius 1 is 1.09 bits per heavy atom. The van der Waals surface area contributed by atoms with Crippen molar-refractivity contribution in [1.29, 1.82) is 5.26 Å². The SMILES string of the molecule is BC(Nc1cc(C(F)(F)F)c2ncc(C#N)c(N[C@H](CC)c3ccccc3)c2c1)(c1ccc(F)cc1)c1cn(C2CC2)nn1. The third-order valence-electron chi connectivity index (χ3n) is 8.09. The molecule has 7 nitrogen and oxygen atoms in total. The molecule has 0 saturated heterocycles. The van der Waals surface area contributed by atoms with Crippen molar-refractivity contribution in [1.82, 2.24) is 20.0 Å². The molecule has 2 aromatic heterocycles. The molecule has 0 radical (unpaired) electrons. The van der Waals surface area contributed by atoms with Crippen LogP contribution in [0.2, 0.25) is 0 Å². The van der Waals surface area contributed by atoms with Crippen LogP contribution in [0.25, 0.3) is 10.9 Å². The number of nitrogens with one attached hydrogen (secondary N) is 2. The molecule has 1 saturated carbocycles. The number of nitrogens with zero attached hydrogens (tertiary/aromatic N) is 5. The zero-order valence-electron chi connectivity index (χ0n) is 24.0. The number of halogens is 4. The minimum absolute atomic E-state index is 0.116. The Bertz CT molecular complexity index is 1850. The van der Waals surface area contributed by atoms with E-state index in [1.165, 1.54) is 18.3 Å². The summed E-state index contributed by atoms with van der Waals surface area (Å²) in [5.41, 5.74) is 0.0196. The summed E-state index contributed by atoms with van der Waals surface area (Å²) in [4.78, 5) is 4.10. The minimum atomic E-state index is -4.75. The number of anilines is 2. The normalized spacial score (nSPS) is 15.4. The van der Waals surface area contributed by atoms with E-state index in [0.717, 1.165) is 24.5 Å². The van der Waals surface area contributed by atoms with Crippen LogP contribution in [-0.4, -0.2) is 27.8 Å². The second-order valence-electron chi connectivity index (χ2n) is 11.2. The minimum Gasteiger partial charge on any atom is -0.378 e. The van der Waals surface area contributed by atoms with E-state index in [0.29, 0.717) is 17.7 Å². The number of hydrogen-bond donors (Lipinski definition) is 2. The molecule has 0 spiro atoms. The zero-order chi connectivity index (χ0) is 31.1. The number of hydrogen-bond acceptors (Lipinski definition) is 6. The average molecular weight is 597 g/mol. The monoisotopic (exact) mass is 597 g/mol. The van der Waals surface area contributed by atoms with E-state index in [2.05, 4.69) is 32.0 Å². The molecule has 12 heteroatoms. The lowest BCUT2D eigenvalue weighted by atomic mass is 9.69. The Labute approximate surface area is 252 Å². The largest absolute Gasteiger partial charge is 0.418 e. The first-order valence-electron chi connectivity index (χ1n) is 14.3. The van der Waals surface area contributed by atoms with Crippen LogP contribution in [0, 0.1) is 17.1 Å². The molecule has 1 fully saturated rings. The van der Waals surface area contributed by atoms with Gasteiger partial charge in [0.25, 0.3) is 0 Å². The Kier molecular flexibility index (Phi) is 7.49. The molecule has 6 rings (SSSR count). The summed E-state index contributed by atoms with van der Waals surface area (Å²) in [6, 6.07) is 19.8. The molecule has 1 unspecified atom stereocenters. The van der Waals surface area contributed by atoms with Crippen LogP contribution in [-0.2, 0) is 11.6 Å². The highest BCUT2D eigenvalue weighted by Crippen LogP contribution is 2.42. The summed E-state index contributed by atoms with van der Waals surface area (Å²) < 4.78 is 59.5. The fourth-order valence-electron chi connectivity index (χ4n) is 5.49. The van der Waals surface area contributed by atoms with Gasteiger partial charge in [-0.05, 0) is 54.7 Å². The molecule has 2 atom stereocenters. The van der Waals surface area contributed by atoms with E-state index in [4.69, 9.17) is 0 Å². The van der Waals surface area contributed by atoms with Crippen molar-refractivity contribution >= 4 is 30.1 Å². The van der Waals surface area contributed by atoms with Gasteiger partial charge in [-0.2, -0.15) is 18.4 Å². The molecule has 3 aromatic carbocycles. The van der Waals surface area contributed by atoms with E-state index in [1.54, 1.807) is 36.9 Å². The predicted octanol–water partition coefficient (Wildman–Crippen LogP) is 6.70. The van der Waals surface area contributed by atoms with Gasteiger partial charge in [-0.25, -0.2) is 9.07 Å². The first-order valence-corrected chi connectivity index (χ1v) is 14.3. The van der Waals surface area contributed by atoms with Crippen molar-refractivity contribution in [2.24, 2.45) is 0 Å². The van der Waals surface area contributed by atoms with Crippen LogP contribution in [0.5, 0.6) is 0 Å². The molecule has 5 aromatic rings. The Morgan fingerprint density at radius 2 is 1.82 bits per heavy atom. The molecular formula is C32H28BF4N7. The first-order chi connectivity index (χ1) is 21.1. The van der Waals surface area contributed by atoms with Crippen LogP contribution in [0.15, 0.2) is 79.1 Å². The van der Waals surface area contributed by atoms with Crippen LogP contribution < -0.4 is 10.6 Å². The zero-order valence-corrected chi connectivity index (χ0v) is 24.0. The summed E-state index contributed by atoms with van der Waals surface area (Å²) in [7, 11) is 1.77. The maximum Gasteiger partial charge on any atom is 0.418 e. The van der Waals surface area contributed by atoms with Crippen molar-refractivity contribution in [3.05, 3.63) is 113 Å². The van der Waals surface area contributed by atoms with E-state index < -0.39 is 23.0 Å². The lowest BCUT2D eigenvalue weighted by Gasteiger charge is -2.32. The fraction of sp³-hybridized carbons (Fsp3) is 0.250. The molecule has 222 valence electrons. The van der Waals surface area contributed by atoms with Crippen molar-refractivity contribution in [3.63, 3.8) is 0 Å². The Balaban J connectivity index is 1.53. The Morgan fingerprint density at radius 3 is 2.45 bits per heavy atom. The van der Waals surface area contributed by atoms with Gasteiger partial charge in [0, 0.05) is 17.3 Å². The fourth-order valence-corrected chi connectivity index (χ4v) is 5.49. The summed E-state index contributed by atoms with van der Waals surface area (Å²) in [5.74, 6) is -0.447. The highest BCUT2D eigenvalue weighted by molar-refractivity contribution is 6.19. The van der Waals surface area contributed by atoms with Crippen LogP contribution in [0.3, 0.4) is 0 Å². The van der Waals surface area contributed by atoms with Gasteiger partial charge in [0.2, 0.25) is 0 Å². The van der Waals surface area contributed by atoms with Crippen molar-refractivity contribution in [2.45, 2.75) is 49.9 Å². The quantitative estimate of drug-likeness (QED) is 0.145. The smallest absolute Gasteiger partial charge is 0.378 e. The van der Waals surface area contributed by atoms with Crippen LogP contribution in [0.4, 0.5) is 28.9 Å². The summed E-state index contributed by atoms with van der Waals surface area (Å²) >= 11 is 0. The number of aromatic nitrogens is 4. The van der Waals surface area contributed by atoms with Crippen LogP contribution in [0.1, 0.15) is 66.2 Å². The average Bonchev–Trinajstić information content (AvgIpc) is 3.75. The van der Waals surface area contributed by atoms with Gasteiger partial charge >= 0.3 is 6.18 Å². The highest BCUT2D eigenvalue weighted by Gasteiger charge is 2.38. The number of fused-ring (bicyclic) bond motifs is 1. The Hall–Kier alpha value is -4.92. The van der Waals surface area contributed by atoms with Crippen molar-refractivity contribution < 1.29 is 17.6 Å². The number of nitriles is 1. The summed E-state index contributed by atoms with van der Waals surface area (Å²) in [6.45, 7) is 1.96. The van der Waals surface area contributed by atoms with Gasteiger partial charge in [0.1, 0.15) is 25.4 Å². The van der Waals surface area contributed by atoms with Gasteiger partial charge in [0.05, 0.1) is 46.0 Å². The van der Waals surface area contributed by atoms with Gasteiger partial charge in [-0.3, -0.25) is 4.98 Å². The number of pyridine rings is 1. The second kappa shape index (κ2) is 11.3. The second-order valence-corrected chi connectivity index (χ2v) is 11.2. The standard InChI is InChI=1S/C32H28BF4N7/c1-2-27(19-6-4-3-5-7-19)40-29-20(16-38)17-39-30-25(29)14-23(15-26(30)32(35,36)37)41-31(33,21-8-10-22(34)11-9-21)28-18-44(43-42-28)24-12-13-24/h3-11,14-15,17-18,24,27,41H,2,12-13,33H2,1H3,(H,39,40)/t27-,31?/m1/s1. The lowest BCUT2D eigenvalue weighted by molar-refractivity contribution is -0.136. The van der Waals surface area contributed by atoms with Gasteiger partial charge in [-0.15, -0.1) is 5.10 Å². The summed E-state index contributed by atoms with van der Waals surface area (Å²) in [6.07, 6.45) is 0.738. The third-order valence-corrected chi connectivity index (χ3v) is 8.09. The van der Waals surface area contributed by atoms with E-state index in [-0.39, 0.29) is 39.9 Å². The highest BCUT2D eigenvalue weighted by atomic mass is 19.4. The predicted molar refractivity (Wildman–Crippen MR) is 162 cm³/mol. The van der Waals surface area contributed by atoms with Crippen molar-refractivity contribution in [2.75, 3.05) is 10.6 Å². The molecule has 2 heterocycles. The van der Waals surface area contributed by atoms with Gasteiger partial charge in [-0.1, -0.05) is 54.6 Å². The summed E-state index contributed by atoms with van der Waals surface area (Å²) in [5, 5.41) is 25.4. The molecule has 44 heavy (non-hydrogen) atoms. The maximum absolute atomic E-state index is 14.6. The molecule has 0 amide bonds. The molecular weight excluding hydrogens is 569 g/mol. The molecule has 1 aliphatic rings. The number of benzene rings is 3. The lowest BCUT2D eigenvalue weighted by Crippen LogP contribution is -2.38.